The monoisotopic (exact) mass is 301 g/mol. The summed E-state index contributed by atoms with van der Waals surface area (Å²) in [4.78, 5) is 26.9. The Morgan fingerprint density at radius 3 is 2.95 bits per heavy atom. The first-order chi connectivity index (χ1) is 10.0. The number of fused-ring (bicyclic) bond motifs is 1. The Morgan fingerprint density at radius 1 is 1.33 bits per heavy atom. The van der Waals surface area contributed by atoms with E-state index < -0.39 is 0 Å². The molecule has 0 fully saturated rings. The van der Waals surface area contributed by atoms with Crippen LogP contribution in [0.3, 0.4) is 0 Å². The van der Waals surface area contributed by atoms with Crippen molar-refractivity contribution < 1.29 is 9.21 Å². The molecule has 0 aliphatic rings. The van der Waals surface area contributed by atoms with Gasteiger partial charge in [0.05, 0.1) is 5.52 Å². The minimum absolute atomic E-state index is 0.241. The van der Waals surface area contributed by atoms with E-state index in [0.29, 0.717) is 11.3 Å². The molecule has 0 saturated carbocycles. The summed E-state index contributed by atoms with van der Waals surface area (Å²) in [7, 11) is 1.55. The Morgan fingerprint density at radius 2 is 2.14 bits per heavy atom. The molecule has 0 unspecified atom stereocenters. The molecule has 0 aliphatic carbocycles. The molecule has 2 N–H and O–H groups in total. The summed E-state index contributed by atoms with van der Waals surface area (Å²) in [5, 5.41) is 2.72. The molecule has 6 nitrogen and oxygen atoms in total. The molecule has 0 atom stereocenters. The first-order valence-electron chi connectivity index (χ1n) is 6.15. The number of amides is 1. The Kier molecular flexibility index (Phi) is 3.19. The lowest BCUT2D eigenvalue weighted by molar-refractivity contribution is 0.101. The summed E-state index contributed by atoms with van der Waals surface area (Å²) in [5.41, 5.74) is 1.90. The second-order valence-electron chi connectivity index (χ2n) is 4.49. The van der Waals surface area contributed by atoms with Gasteiger partial charge in [-0.15, -0.1) is 0 Å². The molecule has 0 spiro atoms. The number of pyridine rings is 1. The van der Waals surface area contributed by atoms with E-state index >= 15 is 0 Å². The van der Waals surface area contributed by atoms with Crippen molar-refractivity contribution in [1.29, 1.82) is 0 Å². The molecule has 3 aromatic rings. The van der Waals surface area contributed by atoms with Crippen LogP contribution >= 0.6 is 12.2 Å². The van der Waals surface area contributed by atoms with Crippen LogP contribution in [0.2, 0.25) is 0 Å². The highest BCUT2D eigenvalue weighted by Gasteiger charge is 2.10. The van der Waals surface area contributed by atoms with Crippen LogP contribution < -0.4 is 10.9 Å². The zero-order valence-electron chi connectivity index (χ0n) is 11.0. The number of nitrogens with zero attached hydrogens (tertiary/aromatic N) is 1. The molecule has 2 aromatic heterocycles. The fraction of sp³-hybridized carbons (Fsp3) is 0.0714. The van der Waals surface area contributed by atoms with E-state index in [-0.39, 0.29) is 22.0 Å². The number of oxazole rings is 1. The van der Waals surface area contributed by atoms with Crippen LogP contribution in [-0.2, 0) is 7.05 Å². The highest BCUT2D eigenvalue weighted by molar-refractivity contribution is 7.71. The first kappa shape index (κ1) is 13.3. The maximum atomic E-state index is 12.2. The summed E-state index contributed by atoms with van der Waals surface area (Å²) in [6.07, 6.45) is 0. The van der Waals surface area contributed by atoms with Gasteiger partial charge in [0.2, 0.25) is 0 Å². The lowest BCUT2D eigenvalue weighted by atomic mass is 10.2. The largest absolute Gasteiger partial charge is 0.429 e. The van der Waals surface area contributed by atoms with Gasteiger partial charge in [-0.2, -0.15) is 0 Å². The van der Waals surface area contributed by atoms with Crippen LogP contribution in [-0.4, -0.2) is 15.5 Å². The van der Waals surface area contributed by atoms with E-state index in [2.05, 4.69) is 10.3 Å². The Balaban J connectivity index is 1.94. The number of carbonyl (C=O) groups is 1. The zero-order valence-corrected chi connectivity index (χ0v) is 11.9. The van der Waals surface area contributed by atoms with Gasteiger partial charge >= 0.3 is 0 Å². The van der Waals surface area contributed by atoms with Crippen molar-refractivity contribution in [1.82, 2.24) is 9.55 Å². The Labute approximate surface area is 124 Å². The summed E-state index contributed by atoms with van der Waals surface area (Å²) < 4.78 is 6.58. The second kappa shape index (κ2) is 5.02. The third-order valence-corrected chi connectivity index (χ3v) is 3.28. The molecule has 1 aromatic carbocycles. The van der Waals surface area contributed by atoms with Crippen molar-refractivity contribution in [2.75, 3.05) is 5.32 Å². The minimum atomic E-state index is -0.372. The highest BCUT2D eigenvalue weighted by atomic mass is 32.1. The third kappa shape index (κ3) is 2.50. The summed E-state index contributed by atoms with van der Waals surface area (Å²) in [6.45, 7) is 0. The van der Waals surface area contributed by atoms with Crippen molar-refractivity contribution in [3.63, 3.8) is 0 Å². The summed E-state index contributed by atoms with van der Waals surface area (Å²) in [5.74, 6) is -0.372. The number of H-pyrrole nitrogens is 1. The van der Waals surface area contributed by atoms with E-state index in [9.17, 15) is 9.59 Å². The maximum Gasteiger partial charge on any atom is 0.272 e. The van der Waals surface area contributed by atoms with Crippen LogP contribution in [0.1, 0.15) is 10.5 Å². The molecule has 0 saturated heterocycles. The van der Waals surface area contributed by atoms with Crippen molar-refractivity contribution in [3.8, 4) is 0 Å². The van der Waals surface area contributed by atoms with Crippen LogP contribution in [0.25, 0.3) is 11.1 Å². The van der Waals surface area contributed by atoms with Crippen molar-refractivity contribution in [2.24, 2.45) is 7.05 Å². The van der Waals surface area contributed by atoms with E-state index in [4.69, 9.17) is 16.6 Å². The van der Waals surface area contributed by atoms with Crippen LogP contribution in [0.4, 0.5) is 5.69 Å². The van der Waals surface area contributed by atoms with Gasteiger partial charge in [-0.1, -0.05) is 6.07 Å². The molecule has 21 heavy (non-hydrogen) atoms. The number of nitrogens with one attached hydrogen (secondary N) is 2. The fourth-order valence-electron chi connectivity index (χ4n) is 2.01. The second-order valence-corrected chi connectivity index (χ2v) is 4.86. The summed E-state index contributed by atoms with van der Waals surface area (Å²) in [6, 6.07) is 9.67. The van der Waals surface area contributed by atoms with Gasteiger partial charge < -0.3 is 19.3 Å². The predicted molar refractivity (Wildman–Crippen MR) is 81.0 cm³/mol. The number of aromatic nitrogens is 2. The van der Waals surface area contributed by atoms with Crippen molar-refractivity contribution >= 4 is 34.9 Å². The van der Waals surface area contributed by atoms with Gasteiger partial charge in [0, 0.05) is 24.9 Å². The average molecular weight is 301 g/mol. The van der Waals surface area contributed by atoms with Gasteiger partial charge in [-0.25, -0.2) is 0 Å². The molecule has 2 heterocycles. The molecular formula is C14H11N3O3S. The number of hydrogen-bond acceptors (Lipinski definition) is 4. The van der Waals surface area contributed by atoms with Crippen LogP contribution in [0.5, 0.6) is 0 Å². The van der Waals surface area contributed by atoms with Gasteiger partial charge in [0.15, 0.2) is 5.58 Å². The molecule has 106 valence electrons. The summed E-state index contributed by atoms with van der Waals surface area (Å²) >= 11 is 4.90. The SMILES string of the molecule is Cn1c(C(=O)Nc2ccc3[nH]c(=S)oc3c2)cccc1=O. The lowest BCUT2D eigenvalue weighted by Crippen LogP contribution is -2.25. The molecular weight excluding hydrogens is 290 g/mol. The molecule has 3 rings (SSSR count). The van der Waals surface area contributed by atoms with Gasteiger partial charge in [0.1, 0.15) is 5.69 Å². The number of carbonyl (C=O) groups excluding carboxylic acids is 1. The predicted octanol–water partition coefficient (Wildman–Crippen LogP) is 2.44. The zero-order chi connectivity index (χ0) is 15.0. The van der Waals surface area contributed by atoms with E-state index in [0.717, 1.165) is 5.52 Å². The molecule has 7 heteroatoms. The Bertz CT molecular complexity index is 952. The first-order valence-corrected chi connectivity index (χ1v) is 6.56. The number of hydrogen-bond donors (Lipinski definition) is 2. The van der Waals surface area contributed by atoms with Crippen molar-refractivity contribution in [2.45, 2.75) is 0 Å². The molecule has 0 radical (unpaired) electrons. The number of benzene rings is 1. The standard InChI is InChI=1S/C14H11N3O3S/c1-17-10(3-2-4-12(17)18)13(19)15-8-5-6-9-11(7-8)20-14(21)16-9/h2-7H,1H3,(H,15,19)(H,16,21). The van der Waals surface area contributed by atoms with Gasteiger partial charge in [-0.3, -0.25) is 9.59 Å². The Hall–Kier alpha value is -2.67. The quantitative estimate of drug-likeness (QED) is 0.712. The molecule has 0 aliphatic heterocycles. The molecule has 0 bridgehead atoms. The number of anilines is 1. The third-order valence-electron chi connectivity index (χ3n) is 3.10. The normalized spacial score (nSPS) is 10.7. The molecule has 1 amide bonds. The smallest absolute Gasteiger partial charge is 0.272 e. The van der Waals surface area contributed by atoms with E-state index in [1.807, 2.05) is 0 Å². The van der Waals surface area contributed by atoms with Crippen LogP contribution in [0.15, 0.2) is 45.6 Å². The highest BCUT2D eigenvalue weighted by Crippen LogP contribution is 2.19. The number of rotatable bonds is 2. The average Bonchev–Trinajstić information content (AvgIpc) is 2.81. The van der Waals surface area contributed by atoms with Crippen LogP contribution in [0, 0.1) is 4.84 Å². The van der Waals surface area contributed by atoms with E-state index in [1.165, 1.54) is 10.6 Å². The topological polar surface area (TPSA) is 80.0 Å². The lowest BCUT2D eigenvalue weighted by Gasteiger charge is -2.08. The number of aromatic amines is 1. The van der Waals surface area contributed by atoms with Crippen molar-refractivity contribution in [3.05, 3.63) is 57.3 Å². The van der Waals surface area contributed by atoms with Gasteiger partial charge in [-0.05, 0) is 30.4 Å². The minimum Gasteiger partial charge on any atom is -0.429 e. The maximum absolute atomic E-state index is 12.2. The fourth-order valence-corrected chi connectivity index (χ4v) is 2.21. The van der Waals surface area contributed by atoms with Gasteiger partial charge in [0.25, 0.3) is 16.3 Å². The van der Waals surface area contributed by atoms with E-state index in [1.54, 1.807) is 37.4 Å².